The van der Waals surface area contributed by atoms with Gasteiger partial charge in [-0.15, -0.1) is 0 Å². The fourth-order valence-electron chi connectivity index (χ4n) is 7.61. The van der Waals surface area contributed by atoms with Gasteiger partial charge in [-0.3, -0.25) is 0 Å². The maximum atomic E-state index is 2.41. The summed E-state index contributed by atoms with van der Waals surface area (Å²) >= 11 is 0. The Hall–Kier alpha value is -6.38. The fraction of sp³-hybridized carbons (Fsp3) is 0.0417. The Kier molecular flexibility index (Phi) is 7.29. The molecule has 0 saturated heterocycles. The van der Waals surface area contributed by atoms with Gasteiger partial charge in [-0.1, -0.05) is 121 Å². The van der Waals surface area contributed by atoms with Crippen molar-refractivity contribution >= 4 is 83.3 Å². The molecule has 0 atom stereocenters. The molecular weight excluding hydrogens is 605 g/mol. The van der Waals surface area contributed by atoms with Crippen LogP contribution in [0.15, 0.2) is 176 Å². The quantitative estimate of drug-likeness (QED) is 0.160. The van der Waals surface area contributed by atoms with Crippen molar-refractivity contribution in [2.24, 2.45) is 0 Å². The van der Waals surface area contributed by atoms with Crippen LogP contribution in [0.4, 0.5) is 34.1 Å². The molecule has 0 unspecified atom stereocenters. The molecule has 0 saturated carbocycles. The van der Waals surface area contributed by atoms with E-state index in [1.165, 1.54) is 54.2 Å². The van der Waals surface area contributed by atoms with Crippen LogP contribution >= 0.6 is 0 Å². The van der Waals surface area contributed by atoms with Crippen molar-refractivity contribution in [3.63, 3.8) is 0 Å². The van der Waals surface area contributed by atoms with Gasteiger partial charge in [0.25, 0.3) is 0 Å². The molecule has 0 bridgehead atoms. The van der Waals surface area contributed by atoms with Gasteiger partial charge in [-0.2, -0.15) is 0 Å². The molecule has 0 fully saturated rings. The first-order chi connectivity index (χ1) is 24.7. The lowest BCUT2D eigenvalue weighted by Crippen LogP contribution is -2.11. The number of hydrogen-bond acceptors (Lipinski definition) is 2. The Morgan fingerprint density at radius 3 is 1.46 bits per heavy atom. The summed E-state index contributed by atoms with van der Waals surface area (Å²) in [6, 6.07) is 62.0. The summed E-state index contributed by atoms with van der Waals surface area (Å²) in [5.74, 6) is 0. The molecule has 2 heteroatoms. The summed E-state index contributed by atoms with van der Waals surface area (Å²) in [7, 11) is 0. The van der Waals surface area contributed by atoms with Crippen molar-refractivity contribution in [1.82, 2.24) is 0 Å². The average molecular weight is 641 g/mol. The van der Waals surface area contributed by atoms with Crippen molar-refractivity contribution in [2.45, 2.75) is 13.8 Å². The molecule has 0 aliphatic heterocycles. The predicted molar refractivity (Wildman–Crippen MR) is 216 cm³/mol. The minimum Gasteiger partial charge on any atom is -0.310 e. The molecule has 0 aliphatic rings. The van der Waals surface area contributed by atoms with E-state index in [4.69, 9.17) is 0 Å². The minimum atomic E-state index is 1.13. The van der Waals surface area contributed by atoms with Crippen molar-refractivity contribution in [3.8, 4) is 0 Å². The number of fused-ring (bicyclic) bond motifs is 1. The van der Waals surface area contributed by atoms with E-state index < -0.39 is 0 Å². The lowest BCUT2D eigenvalue weighted by molar-refractivity contribution is 1.28. The second-order valence-corrected chi connectivity index (χ2v) is 13.0. The number of hydrogen-bond donors (Lipinski definition) is 0. The fourth-order valence-corrected chi connectivity index (χ4v) is 7.61. The van der Waals surface area contributed by atoms with E-state index in [-0.39, 0.29) is 0 Å². The van der Waals surface area contributed by atoms with E-state index in [1.807, 2.05) is 0 Å². The molecule has 0 heterocycles. The van der Waals surface area contributed by atoms with E-state index in [1.54, 1.807) is 0 Å². The second kappa shape index (κ2) is 12.3. The topological polar surface area (TPSA) is 6.48 Å². The normalized spacial score (nSPS) is 11.7. The smallest absolute Gasteiger partial charge is 0.0540 e. The molecule has 0 amide bonds. The second-order valence-electron chi connectivity index (χ2n) is 13.0. The van der Waals surface area contributed by atoms with Gasteiger partial charge in [0.2, 0.25) is 0 Å². The van der Waals surface area contributed by atoms with Gasteiger partial charge in [0.05, 0.1) is 11.4 Å². The first-order valence-corrected chi connectivity index (χ1v) is 17.3. The molecule has 50 heavy (non-hydrogen) atoms. The number of aryl methyl sites for hydroxylation is 1. The van der Waals surface area contributed by atoms with E-state index in [0.717, 1.165) is 34.1 Å². The first-order valence-electron chi connectivity index (χ1n) is 17.3. The zero-order chi connectivity index (χ0) is 33.6. The Morgan fingerprint density at radius 2 is 0.880 bits per heavy atom. The van der Waals surface area contributed by atoms with Gasteiger partial charge in [-0.25, -0.2) is 0 Å². The highest BCUT2D eigenvalue weighted by Gasteiger charge is 2.22. The third-order valence-corrected chi connectivity index (χ3v) is 9.99. The van der Waals surface area contributed by atoms with E-state index >= 15 is 0 Å². The third-order valence-electron chi connectivity index (χ3n) is 9.99. The monoisotopic (exact) mass is 640 g/mol. The molecule has 0 spiro atoms. The molecule has 0 N–H and O–H groups in total. The standard InChI is InChI=1S/C48H36N2/c1-3-12-37-31-41(25-19-33(37)2)49(39-15-6-4-7-16-39)45-29-23-35-22-28-44-46(30-24-36-21-27-43(45)47(35)48(36)44)50(40-17-8-5-9-18-40)42-26-20-34-13-10-11-14-38(34)32-42/h3-32H,1-2H3/b12-3-. The highest BCUT2D eigenvalue weighted by molar-refractivity contribution is 6.28. The minimum absolute atomic E-state index is 1.13. The van der Waals surface area contributed by atoms with Gasteiger partial charge in [0.1, 0.15) is 0 Å². The van der Waals surface area contributed by atoms with Crippen LogP contribution in [0.3, 0.4) is 0 Å². The molecule has 9 aromatic rings. The molecule has 0 aromatic heterocycles. The largest absolute Gasteiger partial charge is 0.310 e. The summed E-state index contributed by atoms with van der Waals surface area (Å²) in [6.45, 7) is 4.26. The first kappa shape index (κ1) is 29.7. The summed E-state index contributed by atoms with van der Waals surface area (Å²) in [4.78, 5) is 4.81. The van der Waals surface area contributed by atoms with Gasteiger partial charge >= 0.3 is 0 Å². The number of allylic oxidation sites excluding steroid dienone is 1. The maximum absolute atomic E-state index is 2.41. The highest BCUT2D eigenvalue weighted by Crippen LogP contribution is 2.47. The molecule has 9 rings (SSSR count). The molecule has 0 aliphatic carbocycles. The van der Waals surface area contributed by atoms with Crippen LogP contribution in [0.1, 0.15) is 18.1 Å². The average Bonchev–Trinajstić information content (AvgIpc) is 3.17. The predicted octanol–water partition coefficient (Wildman–Crippen LogP) is 14.0. The maximum Gasteiger partial charge on any atom is 0.0540 e. The highest BCUT2D eigenvalue weighted by atomic mass is 15.1. The van der Waals surface area contributed by atoms with Crippen molar-refractivity contribution in [3.05, 3.63) is 187 Å². The lowest BCUT2D eigenvalue weighted by Gasteiger charge is -2.29. The Balaban J connectivity index is 1.30. The number of benzene rings is 9. The van der Waals surface area contributed by atoms with Crippen molar-refractivity contribution in [2.75, 3.05) is 9.80 Å². The molecular formula is C48H36N2. The summed E-state index contributed by atoms with van der Waals surface area (Å²) in [6.07, 6.45) is 4.31. The zero-order valence-electron chi connectivity index (χ0n) is 28.2. The lowest BCUT2D eigenvalue weighted by atomic mass is 9.91. The van der Waals surface area contributed by atoms with E-state index in [0.29, 0.717) is 0 Å². The van der Waals surface area contributed by atoms with E-state index in [2.05, 4.69) is 206 Å². The number of nitrogens with zero attached hydrogens (tertiary/aromatic N) is 2. The molecule has 2 nitrogen and oxygen atoms in total. The van der Waals surface area contributed by atoms with Crippen LogP contribution in [-0.2, 0) is 0 Å². The Morgan fingerprint density at radius 1 is 0.400 bits per heavy atom. The molecule has 238 valence electrons. The van der Waals surface area contributed by atoms with Crippen molar-refractivity contribution < 1.29 is 0 Å². The van der Waals surface area contributed by atoms with Gasteiger partial charge in [-0.05, 0) is 118 Å². The zero-order valence-corrected chi connectivity index (χ0v) is 28.2. The Labute approximate surface area is 293 Å². The third kappa shape index (κ3) is 4.96. The van der Waals surface area contributed by atoms with Crippen LogP contribution in [0.2, 0.25) is 0 Å². The van der Waals surface area contributed by atoms with Crippen LogP contribution in [0.5, 0.6) is 0 Å². The molecule has 0 radical (unpaired) electrons. The van der Waals surface area contributed by atoms with Gasteiger partial charge in [0, 0.05) is 33.5 Å². The van der Waals surface area contributed by atoms with E-state index in [9.17, 15) is 0 Å². The van der Waals surface area contributed by atoms with Crippen molar-refractivity contribution in [1.29, 1.82) is 0 Å². The number of rotatable bonds is 7. The molecule has 9 aromatic carbocycles. The van der Waals surface area contributed by atoms with Crippen LogP contribution in [0, 0.1) is 6.92 Å². The van der Waals surface area contributed by atoms with Crippen LogP contribution < -0.4 is 9.80 Å². The number of para-hydroxylation sites is 2. The summed E-state index contributed by atoms with van der Waals surface area (Å²) in [5, 5.41) is 9.97. The SMILES string of the molecule is C/C=C\c1cc(N(c2ccccc2)c2ccc3ccc4c(N(c5ccccc5)c5ccc6ccccc6c5)ccc5ccc2c3c54)ccc1C. The summed E-state index contributed by atoms with van der Waals surface area (Å²) in [5.41, 5.74) is 9.34. The Bertz CT molecular complexity index is 2670. The number of anilines is 6. The van der Waals surface area contributed by atoms with Gasteiger partial charge < -0.3 is 9.80 Å². The van der Waals surface area contributed by atoms with Crippen LogP contribution in [0.25, 0.3) is 49.2 Å². The summed E-state index contributed by atoms with van der Waals surface area (Å²) < 4.78 is 0. The van der Waals surface area contributed by atoms with Crippen LogP contribution in [-0.4, -0.2) is 0 Å². The van der Waals surface area contributed by atoms with Gasteiger partial charge in [0.15, 0.2) is 0 Å².